The molecule has 5 rings (SSSR count). The second kappa shape index (κ2) is 10.7. The Morgan fingerprint density at radius 2 is 1.50 bits per heavy atom. The van der Waals surface area contributed by atoms with Gasteiger partial charge in [-0.15, -0.1) is 0 Å². The van der Waals surface area contributed by atoms with Gasteiger partial charge in [0, 0.05) is 17.2 Å². The molecule has 36 heavy (non-hydrogen) atoms. The van der Waals surface area contributed by atoms with E-state index < -0.39 is 0 Å². The van der Waals surface area contributed by atoms with Crippen LogP contribution in [-0.2, 0) is 4.79 Å². The van der Waals surface area contributed by atoms with Crippen molar-refractivity contribution in [2.24, 2.45) is 0 Å². The van der Waals surface area contributed by atoms with Crippen molar-refractivity contribution in [2.75, 3.05) is 11.1 Å². The third kappa shape index (κ3) is 5.95. The van der Waals surface area contributed by atoms with Crippen LogP contribution >= 0.6 is 0 Å². The number of anilines is 2. The Kier molecular flexibility index (Phi) is 7.03. The molecule has 0 spiro atoms. The lowest BCUT2D eigenvalue weighted by atomic mass is 10.0. The van der Waals surface area contributed by atoms with Crippen molar-refractivity contribution in [2.45, 2.75) is 50.7 Å². The molecule has 0 aliphatic heterocycles. The molecule has 3 aromatic rings. The first-order valence-electron chi connectivity index (χ1n) is 12.6. The fraction of sp³-hybridized carbons (Fsp3) is 0.267. The van der Waals surface area contributed by atoms with Gasteiger partial charge in [-0.05, 0) is 92.1 Å². The number of nitrogen functional groups attached to an aromatic ring is 1. The van der Waals surface area contributed by atoms with Crippen LogP contribution in [0.4, 0.5) is 11.4 Å². The monoisotopic (exact) mass is 481 g/mol. The quantitative estimate of drug-likeness (QED) is 0.220. The number of amides is 2. The van der Waals surface area contributed by atoms with Gasteiger partial charge in [-0.3, -0.25) is 9.59 Å². The lowest BCUT2D eigenvalue weighted by Gasteiger charge is -2.14. The molecule has 0 heterocycles. The molecule has 2 aliphatic carbocycles. The van der Waals surface area contributed by atoms with Crippen molar-refractivity contribution in [3.8, 4) is 5.75 Å². The van der Waals surface area contributed by atoms with Gasteiger partial charge in [0.05, 0.1) is 17.5 Å². The lowest BCUT2D eigenvalue weighted by molar-refractivity contribution is -0.115. The van der Waals surface area contributed by atoms with Crippen LogP contribution in [0.5, 0.6) is 5.75 Å². The van der Waals surface area contributed by atoms with E-state index in [-0.39, 0.29) is 24.0 Å². The molecule has 0 saturated heterocycles. The van der Waals surface area contributed by atoms with Crippen LogP contribution in [0.15, 0.2) is 72.8 Å². The summed E-state index contributed by atoms with van der Waals surface area (Å²) in [4.78, 5) is 25.7. The molecule has 2 aliphatic rings. The molecule has 184 valence electrons. The SMILES string of the molecule is Nc1ccccc1NC(=O)c1ccc(/C=C(/C(=O)NC2CC2)c2ccc(OC3CCCC3)cc2)cc1. The first-order chi connectivity index (χ1) is 17.5. The van der Waals surface area contributed by atoms with E-state index in [1.165, 1.54) is 12.8 Å². The van der Waals surface area contributed by atoms with Gasteiger partial charge < -0.3 is 21.1 Å². The van der Waals surface area contributed by atoms with Crippen LogP contribution in [0.1, 0.15) is 60.0 Å². The molecule has 0 atom stereocenters. The first-order valence-corrected chi connectivity index (χ1v) is 12.6. The number of hydrogen-bond donors (Lipinski definition) is 3. The van der Waals surface area contributed by atoms with Crippen LogP contribution in [0.25, 0.3) is 11.6 Å². The van der Waals surface area contributed by atoms with Gasteiger partial charge >= 0.3 is 0 Å². The summed E-state index contributed by atoms with van der Waals surface area (Å²) in [7, 11) is 0. The van der Waals surface area contributed by atoms with Crippen molar-refractivity contribution < 1.29 is 14.3 Å². The number of nitrogens with one attached hydrogen (secondary N) is 2. The second-order valence-corrected chi connectivity index (χ2v) is 9.52. The van der Waals surface area contributed by atoms with E-state index in [1.54, 1.807) is 24.3 Å². The maximum absolute atomic E-state index is 13.1. The number of benzene rings is 3. The Hall–Kier alpha value is -4.06. The summed E-state index contributed by atoms with van der Waals surface area (Å²) in [5, 5.41) is 5.93. The van der Waals surface area contributed by atoms with E-state index in [4.69, 9.17) is 10.5 Å². The molecule has 6 nitrogen and oxygen atoms in total. The summed E-state index contributed by atoms with van der Waals surface area (Å²) in [6.45, 7) is 0. The van der Waals surface area contributed by atoms with E-state index >= 15 is 0 Å². The highest BCUT2D eigenvalue weighted by Crippen LogP contribution is 2.28. The summed E-state index contributed by atoms with van der Waals surface area (Å²) >= 11 is 0. The maximum atomic E-state index is 13.1. The van der Waals surface area contributed by atoms with Gasteiger partial charge in [0.2, 0.25) is 0 Å². The van der Waals surface area contributed by atoms with Gasteiger partial charge in [0.1, 0.15) is 5.75 Å². The third-order valence-corrected chi connectivity index (χ3v) is 6.62. The van der Waals surface area contributed by atoms with Crippen molar-refractivity contribution in [1.29, 1.82) is 0 Å². The summed E-state index contributed by atoms with van der Waals surface area (Å²) in [5.74, 6) is 0.498. The first kappa shape index (κ1) is 23.7. The van der Waals surface area contributed by atoms with Gasteiger partial charge in [0.15, 0.2) is 0 Å². The topological polar surface area (TPSA) is 93.5 Å². The summed E-state index contributed by atoms with van der Waals surface area (Å²) in [6.07, 6.45) is 8.83. The van der Waals surface area contributed by atoms with Crippen LogP contribution in [-0.4, -0.2) is 24.0 Å². The number of hydrogen-bond acceptors (Lipinski definition) is 4. The zero-order valence-electron chi connectivity index (χ0n) is 20.2. The number of rotatable bonds is 8. The van der Waals surface area contributed by atoms with Gasteiger partial charge in [0.25, 0.3) is 11.8 Å². The molecular formula is C30H31N3O3. The Labute approximate surface area is 211 Å². The molecule has 0 aromatic heterocycles. The average molecular weight is 482 g/mol. The number of para-hydroxylation sites is 2. The largest absolute Gasteiger partial charge is 0.490 e. The van der Waals surface area contributed by atoms with Crippen molar-refractivity contribution >= 4 is 34.8 Å². The van der Waals surface area contributed by atoms with Crippen LogP contribution in [0, 0.1) is 0 Å². The number of nitrogens with two attached hydrogens (primary N) is 1. The van der Waals surface area contributed by atoms with Gasteiger partial charge in [-0.1, -0.05) is 36.4 Å². The fourth-order valence-electron chi connectivity index (χ4n) is 4.39. The Balaban J connectivity index is 1.33. The van der Waals surface area contributed by atoms with Crippen molar-refractivity contribution in [1.82, 2.24) is 5.32 Å². The Morgan fingerprint density at radius 3 is 2.17 bits per heavy atom. The molecule has 2 fully saturated rings. The second-order valence-electron chi connectivity index (χ2n) is 9.52. The summed E-state index contributed by atoms with van der Waals surface area (Å²) < 4.78 is 6.08. The molecule has 0 radical (unpaired) electrons. The lowest BCUT2D eigenvalue weighted by Crippen LogP contribution is -2.26. The van der Waals surface area contributed by atoms with Crippen molar-refractivity contribution in [3.05, 3.63) is 89.5 Å². The molecular weight excluding hydrogens is 450 g/mol. The average Bonchev–Trinajstić information content (AvgIpc) is 3.56. The molecule has 0 bridgehead atoms. The zero-order chi connectivity index (χ0) is 24.9. The fourth-order valence-corrected chi connectivity index (χ4v) is 4.39. The minimum absolute atomic E-state index is 0.0941. The van der Waals surface area contributed by atoms with Crippen molar-refractivity contribution in [3.63, 3.8) is 0 Å². The Bertz CT molecular complexity index is 1260. The van der Waals surface area contributed by atoms with E-state index in [9.17, 15) is 9.59 Å². The highest BCUT2D eigenvalue weighted by molar-refractivity contribution is 6.24. The smallest absolute Gasteiger partial charge is 0.255 e. The predicted molar refractivity (Wildman–Crippen MR) is 144 cm³/mol. The predicted octanol–water partition coefficient (Wildman–Crippen LogP) is 5.66. The molecule has 4 N–H and O–H groups in total. The minimum atomic E-state index is -0.243. The number of ether oxygens (including phenoxy) is 1. The van der Waals surface area contributed by atoms with E-state index in [1.807, 2.05) is 54.6 Å². The summed E-state index contributed by atoms with van der Waals surface area (Å²) in [6, 6.07) is 22.3. The highest BCUT2D eigenvalue weighted by Gasteiger charge is 2.25. The molecule has 3 aromatic carbocycles. The van der Waals surface area contributed by atoms with E-state index in [0.29, 0.717) is 22.5 Å². The molecule has 2 amide bonds. The normalized spacial score (nSPS) is 15.9. The standard InChI is InChI=1S/C30H31N3O3/c31-27-7-3-4-8-28(27)33-29(34)22-11-9-20(10-12-22)19-26(30(35)32-23-15-16-23)21-13-17-25(18-14-21)36-24-5-1-2-6-24/h3-4,7-14,17-19,23-24H,1-2,5-6,15-16,31H2,(H,32,35)(H,33,34)/b26-19+. The highest BCUT2D eigenvalue weighted by atomic mass is 16.5. The van der Waals surface area contributed by atoms with E-state index in [2.05, 4.69) is 10.6 Å². The Morgan fingerprint density at radius 1 is 0.833 bits per heavy atom. The van der Waals surface area contributed by atoms with Crippen LogP contribution < -0.4 is 21.1 Å². The van der Waals surface area contributed by atoms with E-state index in [0.717, 1.165) is 42.6 Å². The van der Waals surface area contributed by atoms with Gasteiger partial charge in [-0.25, -0.2) is 0 Å². The molecule has 2 saturated carbocycles. The minimum Gasteiger partial charge on any atom is -0.490 e. The number of carbonyl (C=O) groups excluding carboxylic acids is 2. The van der Waals surface area contributed by atoms with Gasteiger partial charge in [-0.2, -0.15) is 0 Å². The molecule has 0 unspecified atom stereocenters. The zero-order valence-corrected chi connectivity index (χ0v) is 20.2. The van der Waals surface area contributed by atoms with Crippen LogP contribution in [0.3, 0.4) is 0 Å². The van der Waals surface area contributed by atoms with Crippen LogP contribution in [0.2, 0.25) is 0 Å². The number of carbonyl (C=O) groups is 2. The molecule has 6 heteroatoms. The third-order valence-electron chi connectivity index (χ3n) is 6.62. The summed E-state index contributed by atoms with van der Waals surface area (Å²) in [5.41, 5.74) is 9.77. The maximum Gasteiger partial charge on any atom is 0.255 e.